The van der Waals surface area contributed by atoms with Gasteiger partial charge in [-0.05, 0) is 30.3 Å². The van der Waals surface area contributed by atoms with Crippen molar-refractivity contribution in [3.8, 4) is 0 Å². The minimum Gasteiger partial charge on any atom is -0.376 e. The number of anilines is 1. The molecule has 1 unspecified atom stereocenters. The van der Waals surface area contributed by atoms with Gasteiger partial charge < -0.3 is 14.8 Å². The summed E-state index contributed by atoms with van der Waals surface area (Å²) in [4.78, 5) is 24.9. The van der Waals surface area contributed by atoms with E-state index in [1.807, 2.05) is 37.3 Å². The number of alkyl halides is 3. The van der Waals surface area contributed by atoms with E-state index in [2.05, 4.69) is 20.2 Å². The van der Waals surface area contributed by atoms with Crippen LogP contribution in [0.4, 0.5) is 18.9 Å². The molecule has 1 aliphatic rings. The summed E-state index contributed by atoms with van der Waals surface area (Å²) in [6.45, 7) is 0.339. The smallest absolute Gasteiger partial charge is 0.376 e. The number of hydrogen-bond acceptors (Lipinski definition) is 5. The summed E-state index contributed by atoms with van der Waals surface area (Å²) in [5.41, 5.74) is 3.04. The van der Waals surface area contributed by atoms with Crippen LogP contribution in [0.2, 0.25) is 0 Å². The van der Waals surface area contributed by atoms with E-state index in [0.717, 1.165) is 22.0 Å². The van der Waals surface area contributed by atoms with Crippen molar-refractivity contribution >= 4 is 22.6 Å². The highest BCUT2D eigenvalue weighted by Crippen LogP contribution is 2.36. The first-order valence-electron chi connectivity index (χ1n) is 11.3. The number of fused-ring (bicyclic) bond motifs is 3. The Bertz CT molecular complexity index is 1610. The molecular weight excluding hydrogens is 473 g/mol. The third-order valence-corrected chi connectivity index (χ3v) is 6.51. The fourth-order valence-corrected chi connectivity index (χ4v) is 4.74. The number of aromatic nitrogens is 6. The average Bonchev–Trinajstić information content (AvgIpc) is 3.59. The molecule has 0 fully saturated rings. The summed E-state index contributed by atoms with van der Waals surface area (Å²) in [5.74, 6) is -0.297. The largest absolute Gasteiger partial charge is 0.433 e. The number of imidazole rings is 1. The number of carbonyl (C=O) groups is 1. The van der Waals surface area contributed by atoms with Gasteiger partial charge in [-0.2, -0.15) is 23.4 Å². The van der Waals surface area contributed by atoms with Crippen LogP contribution in [0.3, 0.4) is 0 Å². The lowest BCUT2D eigenvalue weighted by molar-refractivity contribution is -0.142. The van der Waals surface area contributed by atoms with Crippen molar-refractivity contribution in [3.63, 3.8) is 0 Å². The minimum atomic E-state index is -4.58. The van der Waals surface area contributed by atoms with Crippen LogP contribution in [-0.2, 0) is 12.6 Å². The van der Waals surface area contributed by atoms with Crippen molar-refractivity contribution in [2.45, 2.75) is 18.6 Å². The second-order valence-corrected chi connectivity index (χ2v) is 8.90. The van der Waals surface area contributed by atoms with E-state index in [9.17, 15) is 18.0 Å². The molecule has 1 amide bonds. The number of carbonyl (C=O) groups excluding carboxylic acids is 1. The number of rotatable bonds is 3. The van der Waals surface area contributed by atoms with Crippen molar-refractivity contribution in [3.05, 3.63) is 83.5 Å². The molecule has 0 aromatic carbocycles. The van der Waals surface area contributed by atoms with Gasteiger partial charge >= 0.3 is 6.18 Å². The van der Waals surface area contributed by atoms with E-state index in [0.29, 0.717) is 35.4 Å². The number of pyridine rings is 2. The molecule has 0 saturated heterocycles. The molecule has 1 atom stereocenters. The first-order chi connectivity index (χ1) is 17.2. The van der Waals surface area contributed by atoms with Crippen LogP contribution in [0.1, 0.15) is 39.2 Å². The number of aromatic amines is 1. The molecule has 9 nitrogen and oxygen atoms in total. The van der Waals surface area contributed by atoms with E-state index in [1.54, 1.807) is 21.5 Å². The lowest BCUT2D eigenvalue weighted by Crippen LogP contribution is -2.41. The minimum absolute atomic E-state index is 0.280. The van der Waals surface area contributed by atoms with Crippen LogP contribution < -0.4 is 4.90 Å². The van der Waals surface area contributed by atoms with E-state index >= 15 is 0 Å². The summed E-state index contributed by atoms with van der Waals surface area (Å²) in [6, 6.07) is 8.42. The van der Waals surface area contributed by atoms with Crippen LogP contribution in [0.5, 0.6) is 0 Å². The lowest BCUT2D eigenvalue weighted by Gasteiger charge is -2.33. The fraction of sp³-hybridized carbons (Fsp3) is 0.250. The molecule has 0 spiro atoms. The molecule has 1 aliphatic heterocycles. The highest BCUT2D eigenvalue weighted by molar-refractivity contribution is 6.01. The predicted octanol–water partition coefficient (Wildman–Crippen LogP) is 3.58. The van der Waals surface area contributed by atoms with Crippen molar-refractivity contribution in [1.29, 1.82) is 0 Å². The van der Waals surface area contributed by atoms with Gasteiger partial charge in [0.15, 0.2) is 0 Å². The molecular formula is C24H21F3N8O. The molecule has 184 valence electrons. The molecule has 5 aromatic rings. The van der Waals surface area contributed by atoms with Gasteiger partial charge in [-0.15, -0.1) is 0 Å². The Morgan fingerprint density at radius 1 is 1.19 bits per heavy atom. The van der Waals surface area contributed by atoms with E-state index < -0.39 is 17.9 Å². The van der Waals surface area contributed by atoms with E-state index in [-0.39, 0.29) is 11.4 Å². The Kier molecular flexibility index (Phi) is 4.82. The van der Waals surface area contributed by atoms with Crippen molar-refractivity contribution in [2.24, 2.45) is 0 Å². The molecule has 0 aliphatic carbocycles. The zero-order valence-electron chi connectivity index (χ0n) is 19.4. The normalized spacial score (nSPS) is 16.0. The number of amides is 1. The summed E-state index contributed by atoms with van der Waals surface area (Å²) in [6.07, 6.45) is 0.820. The van der Waals surface area contributed by atoms with Crippen LogP contribution in [0, 0.1) is 0 Å². The third-order valence-electron chi connectivity index (χ3n) is 6.51. The van der Waals surface area contributed by atoms with Gasteiger partial charge in [0.1, 0.15) is 11.7 Å². The number of halogens is 3. The Hall–Kier alpha value is -4.35. The molecule has 12 heteroatoms. The summed E-state index contributed by atoms with van der Waals surface area (Å²) in [7, 11) is 3.82. The van der Waals surface area contributed by atoms with Gasteiger partial charge in [0, 0.05) is 32.8 Å². The average molecular weight is 494 g/mol. The first-order valence-corrected chi connectivity index (χ1v) is 11.3. The summed E-state index contributed by atoms with van der Waals surface area (Å²) < 4.78 is 43.4. The maximum atomic E-state index is 13.9. The van der Waals surface area contributed by atoms with Gasteiger partial charge in [-0.1, -0.05) is 6.07 Å². The molecule has 0 saturated carbocycles. The zero-order chi connectivity index (χ0) is 25.2. The lowest BCUT2D eigenvalue weighted by atomic mass is 9.98. The summed E-state index contributed by atoms with van der Waals surface area (Å²) >= 11 is 0. The van der Waals surface area contributed by atoms with Crippen molar-refractivity contribution in [1.82, 2.24) is 34.1 Å². The number of nitrogens with zero attached hydrogens (tertiary/aromatic N) is 7. The van der Waals surface area contributed by atoms with Crippen LogP contribution in [-0.4, -0.2) is 60.6 Å². The quantitative estimate of drug-likeness (QED) is 0.414. The standard InChI is InChI=1S/C24H21F3N8O/c1-32(2)15-6-7-19-16(11-30-34(19)12-15)23(36)33-9-8-17-21(29-13-28-17)22(33)18-10-14-4-3-5-20(24(25,26)27)35(14)31-18/h3-7,10-13,22H,8-9H2,1-2H3,(H,28,29). The molecule has 6 heterocycles. The Balaban J connectivity index is 1.46. The third kappa shape index (κ3) is 3.40. The molecule has 0 bridgehead atoms. The molecule has 5 aromatic heterocycles. The van der Waals surface area contributed by atoms with Crippen LogP contribution in [0.25, 0.3) is 11.0 Å². The van der Waals surface area contributed by atoms with E-state index in [1.165, 1.54) is 18.6 Å². The molecule has 1 N–H and O–H groups in total. The van der Waals surface area contributed by atoms with Gasteiger partial charge in [-0.25, -0.2) is 14.0 Å². The van der Waals surface area contributed by atoms with Gasteiger partial charge in [0.05, 0.1) is 52.4 Å². The Morgan fingerprint density at radius 3 is 2.81 bits per heavy atom. The fourth-order valence-electron chi connectivity index (χ4n) is 4.74. The summed E-state index contributed by atoms with van der Waals surface area (Å²) in [5, 5.41) is 8.67. The zero-order valence-corrected chi connectivity index (χ0v) is 19.4. The van der Waals surface area contributed by atoms with Gasteiger partial charge in [0.25, 0.3) is 5.91 Å². The number of nitrogens with one attached hydrogen (secondary N) is 1. The first kappa shape index (κ1) is 22.1. The Morgan fingerprint density at radius 2 is 2.03 bits per heavy atom. The predicted molar refractivity (Wildman–Crippen MR) is 125 cm³/mol. The van der Waals surface area contributed by atoms with Gasteiger partial charge in [-0.3, -0.25) is 4.79 Å². The van der Waals surface area contributed by atoms with Gasteiger partial charge in [0.2, 0.25) is 0 Å². The molecule has 36 heavy (non-hydrogen) atoms. The number of H-pyrrole nitrogens is 1. The van der Waals surface area contributed by atoms with Crippen molar-refractivity contribution < 1.29 is 18.0 Å². The maximum Gasteiger partial charge on any atom is 0.433 e. The second kappa shape index (κ2) is 7.83. The second-order valence-electron chi connectivity index (χ2n) is 8.90. The SMILES string of the molecule is CN(C)c1ccc2c(C(=O)N3CCc4[nH]cnc4C3c3cc4cccc(C(F)(F)F)n4n3)cnn2c1. The van der Waals surface area contributed by atoms with Crippen LogP contribution in [0.15, 0.2) is 55.1 Å². The highest BCUT2D eigenvalue weighted by Gasteiger charge is 2.39. The Labute approximate surface area is 202 Å². The number of hydrogen-bond donors (Lipinski definition) is 1. The highest BCUT2D eigenvalue weighted by atomic mass is 19.4. The monoisotopic (exact) mass is 494 g/mol. The van der Waals surface area contributed by atoms with Crippen molar-refractivity contribution in [2.75, 3.05) is 25.5 Å². The van der Waals surface area contributed by atoms with Crippen LogP contribution >= 0.6 is 0 Å². The topological polar surface area (TPSA) is 86.8 Å². The maximum absolute atomic E-state index is 13.9. The molecule has 6 rings (SSSR count). The van der Waals surface area contributed by atoms with E-state index in [4.69, 9.17) is 0 Å². The molecule has 0 radical (unpaired) electrons.